The van der Waals surface area contributed by atoms with E-state index in [1.807, 2.05) is 30.3 Å². The van der Waals surface area contributed by atoms with Crippen LogP contribution in [0.5, 0.6) is 0 Å². The molecule has 1 aromatic carbocycles. The van der Waals surface area contributed by atoms with E-state index in [9.17, 15) is 9.90 Å². The zero-order valence-corrected chi connectivity index (χ0v) is 10.4. The van der Waals surface area contributed by atoms with E-state index in [-0.39, 0.29) is 5.88 Å². The highest BCUT2D eigenvalue weighted by molar-refractivity contribution is 6.18. The van der Waals surface area contributed by atoms with Gasteiger partial charge >= 0.3 is 6.09 Å². The van der Waals surface area contributed by atoms with Crippen molar-refractivity contribution in [3.63, 3.8) is 0 Å². The molecule has 0 fully saturated rings. The van der Waals surface area contributed by atoms with Crippen LogP contribution >= 0.6 is 11.6 Å². The second-order valence-electron chi connectivity index (χ2n) is 3.65. The van der Waals surface area contributed by atoms with E-state index in [2.05, 4.69) is 10.1 Å². The Kier molecular flexibility index (Phi) is 5.80. The number of aliphatic hydroxyl groups excluding tert-OH is 1. The monoisotopic (exact) mass is 257 g/mol. The average molecular weight is 258 g/mol. The number of halogens is 1. The van der Waals surface area contributed by atoms with Crippen LogP contribution in [-0.2, 0) is 11.2 Å². The topological polar surface area (TPSA) is 58.6 Å². The number of ether oxygens (including phenoxy) is 1. The van der Waals surface area contributed by atoms with Crippen molar-refractivity contribution < 1.29 is 14.6 Å². The Bertz CT molecular complexity index is 345. The Labute approximate surface area is 106 Å². The molecular formula is C12H16ClNO3. The van der Waals surface area contributed by atoms with Gasteiger partial charge in [-0.1, -0.05) is 30.3 Å². The van der Waals surface area contributed by atoms with E-state index in [0.29, 0.717) is 6.42 Å². The Hall–Kier alpha value is -1.26. The highest BCUT2D eigenvalue weighted by Gasteiger charge is 2.21. The Morgan fingerprint density at radius 3 is 2.65 bits per heavy atom. The number of rotatable bonds is 5. The SMILES string of the molecule is COC(=O)NC(Cc1ccccc1)C(O)CCl. The first kappa shape index (κ1) is 13.8. The van der Waals surface area contributed by atoms with E-state index in [0.717, 1.165) is 5.56 Å². The first-order valence-corrected chi connectivity index (χ1v) is 5.83. The molecule has 0 aliphatic heterocycles. The number of hydrogen-bond donors (Lipinski definition) is 2. The minimum absolute atomic E-state index is 0.0570. The molecule has 1 rings (SSSR count). The first-order chi connectivity index (χ1) is 8.17. The lowest BCUT2D eigenvalue weighted by molar-refractivity contribution is 0.127. The maximum atomic E-state index is 11.1. The molecule has 2 N–H and O–H groups in total. The number of nitrogens with one attached hydrogen (secondary N) is 1. The molecule has 0 radical (unpaired) electrons. The molecule has 0 aliphatic carbocycles. The average Bonchev–Trinajstić information content (AvgIpc) is 2.38. The number of methoxy groups -OCH3 is 1. The predicted molar refractivity (Wildman–Crippen MR) is 66.2 cm³/mol. The van der Waals surface area contributed by atoms with Crippen LogP contribution in [0.2, 0.25) is 0 Å². The molecule has 0 aromatic heterocycles. The molecule has 94 valence electrons. The Balaban J connectivity index is 2.67. The van der Waals surface area contributed by atoms with Gasteiger partial charge in [0.05, 0.1) is 25.1 Å². The van der Waals surface area contributed by atoms with Crippen molar-refractivity contribution in [3.05, 3.63) is 35.9 Å². The molecule has 0 aliphatic rings. The number of carbonyl (C=O) groups is 1. The minimum atomic E-state index is -0.809. The van der Waals surface area contributed by atoms with Crippen molar-refractivity contribution in [3.8, 4) is 0 Å². The van der Waals surface area contributed by atoms with Crippen molar-refractivity contribution in [2.45, 2.75) is 18.6 Å². The van der Waals surface area contributed by atoms with Crippen LogP contribution in [0, 0.1) is 0 Å². The van der Waals surface area contributed by atoms with E-state index < -0.39 is 18.2 Å². The fourth-order valence-corrected chi connectivity index (χ4v) is 1.68. The maximum Gasteiger partial charge on any atom is 0.407 e. The van der Waals surface area contributed by atoms with Gasteiger partial charge in [-0.3, -0.25) is 0 Å². The Morgan fingerprint density at radius 2 is 2.12 bits per heavy atom. The maximum absolute atomic E-state index is 11.1. The molecule has 0 saturated carbocycles. The second-order valence-corrected chi connectivity index (χ2v) is 3.96. The van der Waals surface area contributed by atoms with Gasteiger partial charge in [0.2, 0.25) is 0 Å². The van der Waals surface area contributed by atoms with Gasteiger partial charge in [0.15, 0.2) is 0 Å². The molecule has 0 bridgehead atoms. The number of hydrogen-bond acceptors (Lipinski definition) is 3. The van der Waals surface area contributed by atoms with Crippen LogP contribution in [0.1, 0.15) is 5.56 Å². The van der Waals surface area contributed by atoms with Crippen molar-refractivity contribution in [2.75, 3.05) is 13.0 Å². The van der Waals surface area contributed by atoms with Gasteiger partial charge in [0, 0.05) is 0 Å². The normalized spacial score (nSPS) is 13.8. The summed E-state index contributed by atoms with van der Waals surface area (Å²) in [5, 5.41) is 12.3. The largest absolute Gasteiger partial charge is 0.453 e. The molecule has 17 heavy (non-hydrogen) atoms. The van der Waals surface area contributed by atoms with Crippen LogP contribution in [0.25, 0.3) is 0 Å². The van der Waals surface area contributed by atoms with E-state index in [1.54, 1.807) is 0 Å². The number of benzene rings is 1. The minimum Gasteiger partial charge on any atom is -0.453 e. The molecule has 0 spiro atoms. The molecular weight excluding hydrogens is 242 g/mol. The third-order valence-corrected chi connectivity index (χ3v) is 2.73. The summed E-state index contributed by atoms with van der Waals surface area (Å²) in [5.41, 5.74) is 1.01. The lowest BCUT2D eigenvalue weighted by atomic mass is 10.0. The van der Waals surface area contributed by atoms with Gasteiger partial charge in [-0.05, 0) is 12.0 Å². The smallest absolute Gasteiger partial charge is 0.407 e. The summed E-state index contributed by atoms with van der Waals surface area (Å²) in [6, 6.07) is 9.10. The van der Waals surface area contributed by atoms with Crippen molar-refractivity contribution in [1.29, 1.82) is 0 Å². The van der Waals surface area contributed by atoms with Crippen LogP contribution < -0.4 is 5.32 Å². The standard InChI is InChI=1S/C12H16ClNO3/c1-17-12(16)14-10(11(15)8-13)7-9-5-3-2-4-6-9/h2-6,10-11,15H,7-8H2,1H3,(H,14,16). The third kappa shape index (κ3) is 4.63. The molecule has 1 amide bonds. The first-order valence-electron chi connectivity index (χ1n) is 5.29. The molecule has 2 unspecified atom stereocenters. The van der Waals surface area contributed by atoms with Crippen molar-refractivity contribution >= 4 is 17.7 Å². The quantitative estimate of drug-likeness (QED) is 0.787. The highest BCUT2D eigenvalue weighted by Crippen LogP contribution is 2.07. The highest BCUT2D eigenvalue weighted by atomic mass is 35.5. The van der Waals surface area contributed by atoms with Crippen LogP contribution in [0.4, 0.5) is 4.79 Å². The molecule has 5 heteroatoms. The van der Waals surface area contributed by atoms with Crippen molar-refractivity contribution in [1.82, 2.24) is 5.32 Å². The molecule has 2 atom stereocenters. The molecule has 4 nitrogen and oxygen atoms in total. The van der Waals surface area contributed by atoms with Gasteiger partial charge in [-0.15, -0.1) is 11.6 Å². The van der Waals surface area contributed by atoms with Crippen LogP contribution in [-0.4, -0.2) is 36.3 Å². The van der Waals surface area contributed by atoms with Gasteiger partial charge in [-0.25, -0.2) is 4.79 Å². The van der Waals surface area contributed by atoms with Gasteiger partial charge in [0.25, 0.3) is 0 Å². The predicted octanol–water partition coefficient (Wildman–Crippen LogP) is 1.55. The molecule has 1 aromatic rings. The summed E-state index contributed by atoms with van der Waals surface area (Å²) in [5.74, 6) is 0.0570. The summed E-state index contributed by atoms with van der Waals surface area (Å²) in [4.78, 5) is 11.1. The number of alkyl halides is 1. The van der Waals surface area contributed by atoms with E-state index >= 15 is 0 Å². The summed E-state index contributed by atoms with van der Waals surface area (Å²) < 4.78 is 4.51. The lowest BCUT2D eigenvalue weighted by Crippen LogP contribution is -2.45. The fourth-order valence-electron chi connectivity index (χ4n) is 1.47. The van der Waals surface area contributed by atoms with Crippen LogP contribution in [0.3, 0.4) is 0 Å². The number of alkyl carbamates (subject to hydrolysis) is 1. The number of carbonyl (C=O) groups excluding carboxylic acids is 1. The van der Waals surface area contributed by atoms with Gasteiger partial charge in [-0.2, -0.15) is 0 Å². The zero-order valence-electron chi connectivity index (χ0n) is 9.60. The zero-order chi connectivity index (χ0) is 12.7. The van der Waals surface area contributed by atoms with Gasteiger partial charge < -0.3 is 15.2 Å². The van der Waals surface area contributed by atoms with Crippen LogP contribution in [0.15, 0.2) is 30.3 Å². The fraction of sp³-hybridized carbons (Fsp3) is 0.417. The Morgan fingerprint density at radius 1 is 1.47 bits per heavy atom. The third-order valence-electron chi connectivity index (χ3n) is 2.41. The lowest BCUT2D eigenvalue weighted by Gasteiger charge is -2.22. The van der Waals surface area contributed by atoms with Crippen molar-refractivity contribution in [2.24, 2.45) is 0 Å². The summed E-state index contributed by atoms with van der Waals surface area (Å²) in [7, 11) is 1.28. The van der Waals surface area contributed by atoms with E-state index in [4.69, 9.17) is 11.6 Å². The molecule has 0 heterocycles. The van der Waals surface area contributed by atoms with Gasteiger partial charge in [0.1, 0.15) is 0 Å². The summed E-state index contributed by atoms with van der Waals surface area (Å²) in [6.07, 6.45) is -0.879. The number of amides is 1. The second kappa shape index (κ2) is 7.14. The van der Waals surface area contributed by atoms with E-state index in [1.165, 1.54) is 7.11 Å². The number of aliphatic hydroxyl groups is 1. The molecule has 0 saturated heterocycles. The summed E-state index contributed by atoms with van der Waals surface area (Å²) in [6.45, 7) is 0. The summed E-state index contributed by atoms with van der Waals surface area (Å²) >= 11 is 5.60.